The number of nitro benzene ring substituents is 1. The minimum atomic E-state index is -0.708. The minimum absolute atomic E-state index is 0.00203. The van der Waals surface area contributed by atoms with Gasteiger partial charge in [-0.15, -0.1) is 0 Å². The molecule has 0 saturated heterocycles. The first-order chi connectivity index (χ1) is 14.0. The van der Waals surface area contributed by atoms with Gasteiger partial charge >= 0.3 is 0 Å². The standard InChI is InChI=1S/C21H19N3O5/c25-19(15-4-2-1-3-5-15)11-13-21(26)23-22-14-18-10-12-20(29-18)16-6-8-17(9-7-16)24(27)28/h1-10,12,14,19,25H,11,13H2,(H,23,26)/b22-14-/t19-/m0/s1. The van der Waals surface area contributed by atoms with Crippen molar-refractivity contribution in [2.75, 3.05) is 0 Å². The first-order valence-corrected chi connectivity index (χ1v) is 8.92. The van der Waals surface area contributed by atoms with Crippen LogP contribution in [0.5, 0.6) is 0 Å². The molecule has 148 valence electrons. The van der Waals surface area contributed by atoms with E-state index in [4.69, 9.17) is 4.42 Å². The number of carbonyl (C=O) groups is 1. The summed E-state index contributed by atoms with van der Waals surface area (Å²) < 4.78 is 5.60. The van der Waals surface area contributed by atoms with Gasteiger partial charge in [-0.3, -0.25) is 14.9 Å². The number of nitrogens with zero attached hydrogens (tertiary/aromatic N) is 2. The zero-order chi connectivity index (χ0) is 20.6. The summed E-state index contributed by atoms with van der Waals surface area (Å²) in [5.41, 5.74) is 3.84. The monoisotopic (exact) mass is 393 g/mol. The van der Waals surface area contributed by atoms with E-state index in [2.05, 4.69) is 10.5 Å². The van der Waals surface area contributed by atoms with Gasteiger partial charge in [-0.25, -0.2) is 5.43 Å². The molecule has 1 amide bonds. The molecule has 0 fully saturated rings. The largest absolute Gasteiger partial charge is 0.455 e. The van der Waals surface area contributed by atoms with E-state index in [1.807, 2.05) is 18.2 Å². The van der Waals surface area contributed by atoms with Crippen LogP contribution in [-0.4, -0.2) is 22.2 Å². The highest BCUT2D eigenvalue weighted by Crippen LogP contribution is 2.24. The zero-order valence-electron chi connectivity index (χ0n) is 15.4. The molecule has 8 nitrogen and oxygen atoms in total. The highest BCUT2D eigenvalue weighted by Gasteiger charge is 2.10. The number of furan rings is 1. The van der Waals surface area contributed by atoms with Crippen molar-refractivity contribution in [1.29, 1.82) is 0 Å². The lowest BCUT2D eigenvalue weighted by atomic mass is 10.1. The predicted molar refractivity (Wildman–Crippen MR) is 107 cm³/mol. The number of rotatable bonds is 8. The van der Waals surface area contributed by atoms with Gasteiger partial charge in [0.05, 0.1) is 17.2 Å². The summed E-state index contributed by atoms with van der Waals surface area (Å²) in [5, 5.41) is 24.6. The molecule has 3 rings (SSSR count). The summed E-state index contributed by atoms with van der Waals surface area (Å²) in [6.45, 7) is 0. The Kier molecular flexibility index (Phi) is 6.49. The highest BCUT2D eigenvalue weighted by molar-refractivity contribution is 5.81. The predicted octanol–water partition coefficient (Wildman–Crippen LogP) is 3.82. The average molecular weight is 393 g/mol. The van der Waals surface area contributed by atoms with Crippen LogP contribution in [0.25, 0.3) is 11.3 Å². The molecule has 1 heterocycles. The normalized spacial score (nSPS) is 12.0. The van der Waals surface area contributed by atoms with Crippen molar-refractivity contribution in [3.8, 4) is 11.3 Å². The van der Waals surface area contributed by atoms with Crippen molar-refractivity contribution in [3.63, 3.8) is 0 Å². The molecule has 0 unspecified atom stereocenters. The van der Waals surface area contributed by atoms with E-state index in [9.17, 15) is 20.0 Å². The Morgan fingerprint density at radius 2 is 1.86 bits per heavy atom. The summed E-state index contributed by atoms with van der Waals surface area (Å²) in [5.74, 6) is 0.625. The van der Waals surface area contributed by atoms with Gasteiger partial charge in [0.2, 0.25) is 5.91 Å². The maximum Gasteiger partial charge on any atom is 0.269 e. The molecule has 29 heavy (non-hydrogen) atoms. The number of amides is 1. The first-order valence-electron chi connectivity index (χ1n) is 8.92. The van der Waals surface area contributed by atoms with Crippen LogP contribution >= 0.6 is 0 Å². The van der Waals surface area contributed by atoms with E-state index in [0.29, 0.717) is 17.1 Å². The van der Waals surface area contributed by atoms with E-state index in [0.717, 1.165) is 5.56 Å². The molecule has 0 radical (unpaired) electrons. The number of benzene rings is 2. The summed E-state index contributed by atoms with van der Waals surface area (Å²) in [6.07, 6.45) is 1.07. The number of aliphatic hydroxyl groups excluding tert-OH is 1. The fraction of sp³-hybridized carbons (Fsp3) is 0.143. The van der Waals surface area contributed by atoms with Gasteiger partial charge in [-0.2, -0.15) is 5.10 Å². The van der Waals surface area contributed by atoms with Crippen molar-refractivity contribution < 1.29 is 19.2 Å². The van der Waals surface area contributed by atoms with Gasteiger partial charge in [0.25, 0.3) is 5.69 Å². The topological polar surface area (TPSA) is 118 Å². The molecule has 0 aliphatic heterocycles. The summed E-state index contributed by atoms with van der Waals surface area (Å²) >= 11 is 0. The number of hydrogen-bond donors (Lipinski definition) is 2. The lowest BCUT2D eigenvalue weighted by molar-refractivity contribution is -0.384. The van der Waals surface area contributed by atoms with E-state index in [-0.39, 0.29) is 24.4 Å². The lowest BCUT2D eigenvalue weighted by Gasteiger charge is -2.09. The number of nitrogens with one attached hydrogen (secondary N) is 1. The highest BCUT2D eigenvalue weighted by atomic mass is 16.6. The second-order valence-corrected chi connectivity index (χ2v) is 6.26. The molecular weight excluding hydrogens is 374 g/mol. The van der Waals surface area contributed by atoms with Crippen molar-refractivity contribution in [1.82, 2.24) is 5.43 Å². The van der Waals surface area contributed by atoms with Crippen LogP contribution in [0, 0.1) is 10.1 Å². The maximum atomic E-state index is 11.9. The van der Waals surface area contributed by atoms with Crippen molar-refractivity contribution in [3.05, 3.63) is 88.2 Å². The first kappa shape index (κ1) is 20.0. The number of nitro groups is 1. The number of carbonyl (C=O) groups excluding carboxylic acids is 1. The Hall–Kier alpha value is -3.78. The third kappa shape index (κ3) is 5.60. The summed E-state index contributed by atoms with van der Waals surface area (Å²) in [4.78, 5) is 22.1. The Balaban J connectivity index is 1.49. The molecule has 0 bridgehead atoms. The van der Waals surface area contributed by atoms with E-state index < -0.39 is 11.0 Å². The van der Waals surface area contributed by atoms with Crippen LogP contribution in [0.4, 0.5) is 5.69 Å². The number of non-ortho nitro benzene ring substituents is 1. The van der Waals surface area contributed by atoms with Crippen LogP contribution in [0.3, 0.4) is 0 Å². The Morgan fingerprint density at radius 3 is 2.55 bits per heavy atom. The Bertz CT molecular complexity index is 997. The third-order valence-electron chi connectivity index (χ3n) is 4.20. The maximum absolute atomic E-state index is 11.9. The second-order valence-electron chi connectivity index (χ2n) is 6.26. The average Bonchev–Trinajstić information content (AvgIpc) is 3.21. The van der Waals surface area contributed by atoms with Crippen LogP contribution in [0.2, 0.25) is 0 Å². The minimum Gasteiger partial charge on any atom is -0.455 e. The van der Waals surface area contributed by atoms with Gasteiger partial charge in [0, 0.05) is 24.1 Å². The van der Waals surface area contributed by atoms with Gasteiger partial charge in [-0.1, -0.05) is 30.3 Å². The quantitative estimate of drug-likeness (QED) is 0.343. The van der Waals surface area contributed by atoms with Gasteiger partial charge < -0.3 is 9.52 Å². The van der Waals surface area contributed by atoms with Crippen molar-refractivity contribution >= 4 is 17.8 Å². The number of hydrazone groups is 1. The number of aliphatic hydroxyl groups is 1. The molecule has 3 aromatic rings. The van der Waals surface area contributed by atoms with Gasteiger partial charge in [-0.05, 0) is 36.2 Å². The van der Waals surface area contributed by atoms with Crippen molar-refractivity contribution in [2.24, 2.45) is 5.10 Å². The molecule has 0 spiro atoms. The van der Waals surface area contributed by atoms with E-state index >= 15 is 0 Å². The van der Waals surface area contributed by atoms with Crippen molar-refractivity contribution in [2.45, 2.75) is 18.9 Å². The molecule has 0 aliphatic rings. The summed E-state index contributed by atoms with van der Waals surface area (Å²) in [6, 6.07) is 18.5. The Morgan fingerprint density at radius 1 is 1.14 bits per heavy atom. The number of hydrogen-bond acceptors (Lipinski definition) is 6. The molecule has 8 heteroatoms. The smallest absolute Gasteiger partial charge is 0.269 e. The lowest BCUT2D eigenvalue weighted by Crippen LogP contribution is -2.18. The van der Waals surface area contributed by atoms with Crippen LogP contribution in [0.15, 0.2) is 76.2 Å². The van der Waals surface area contributed by atoms with Crippen LogP contribution < -0.4 is 5.43 Å². The molecule has 2 N–H and O–H groups in total. The third-order valence-corrected chi connectivity index (χ3v) is 4.20. The van der Waals surface area contributed by atoms with E-state index in [1.165, 1.54) is 18.3 Å². The zero-order valence-corrected chi connectivity index (χ0v) is 15.4. The van der Waals surface area contributed by atoms with Gasteiger partial charge in [0.15, 0.2) is 0 Å². The molecule has 0 saturated carbocycles. The second kappa shape index (κ2) is 9.43. The Labute approximate surface area is 166 Å². The molecule has 1 atom stereocenters. The van der Waals surface area contributed by atoms with Gasteiger partial charge in [0.1, 0.15) is 11.5 Å². The molecular formula is C21H19N3O5. The molecule has 0 aliphatic carbocycles. The SMILES string of the molecule is O=C(CC[C@H](O)c1ccccc1)N/N=C\c1ccc(-c2ccc([N+](=O)[O-])cc2)o1. The summed E-state index contributed by atoms with van der Waals surface area (Å²) in [7, 11) is 0. The fourth-order valence-electron chi connectivity index (χ4n) is 2.66. The van der Waals surface area contributed by atoms with Crippen LogP contribution in [0.1, 0.15) is 30.3 Å². The van der Waals surface area contributed by atoms with Crippen LogP contribution in [-0.2, 0) is 4.79 Å². The molecule has 1 aromatic heterocycles. The van der Waals surface area contributed by atoms with E-state index in [1.54, 1.807) is 36.4 Å². The fourth-order valence-corrected chi connectivity index (χ4v) is 2.66. The molecule has 2 aromatic carbocycles.